The summed E-state index contributed by atoms with van der Waals surface area (Å²) in [4.78, 5) is 24.3. The Morgan fingerprint density at radius 2 is 1.92 bits per heavy atom. The first-order valence-corrected chi connectivity index (χ1v) is 8.09. The third-order valence-electron chi connectivity index (χ3n) is 3.62. The number of nitrogens with two attached hydrogens (primary N) is 1. The van der Waals surface area contributed by atoms with Crippen LogP contribution in [0.15, 0.2) is 42.5 Å². The lowest BCUT2D eigenvalue weighted by Crippen LogP contribution is -2.15. The van der Waals surface area contributed by atoms with E-state index in [1.807, 2.05) is 25.1 Å². The molecule has 0 aliphatic rings. The van der Waals surface area contributed by atoms with E-state index in [4.69, 9.17) is 10.5 Å². The van der Waals surface area contributed by atoms with Gasteiger partial charge in [0, 0.05) is 17.7 Å². The molecule has 0 aliphatic heterocycles. The van der Waals surface area contributed by atoms with E-state index < -0.39 is 0 Å². The van der Waals surface area contributed by atoms with Crippen molar-refractivity contribution in [2.75, 3.05) is 24.3 Å². The number of anilines is 2. The van der Waals surface area contributed by atoms with Gasteiger partial charge < -0.3 is 21.1 Å². The highest BCUT2D eigenvalue weighted by atomic mass is 16.5. The number of benzene rings is 2. The van der Waals surface area contributed by atoms with Gasteiger partial charge in [0.25, 0.3) is 5.91 Å². The number of hydrogen-bond donors (Lipinski definition) is 3. The van der Waals surface area contributed by atoms with E-state index in [-0.39, 0.29) is 11.8 Å². The predicted molar refractivity (Wildman–Crippen MR) is 99.0 cm³/mol. The molecule has 0 unspecified atom stereocenters. The quantitative estimate of drug-likeness (QED) is 0.722. The number of ether oxygens (including phenoxy) is 1. The van der Waals surface area contributed by atoms with E-state index in [2.05, 4.69) is 10.6 Å². The van der Waals surface area contributed by atoms with Crippen molar-refractivity contribution in [1.82, 2.24) is 0 Å². The number of amides is 2. The number of rotatable bonds is 7. The predicted octanol–water partition coefficient (Wildman–Crippen LogP) is 2.93. The standard InChI is InChI=1S/C19H23N3O3/c1-13-5-3-6-14(11-13)19(24)21-15-8-9-17(25-2)16(12-15)22-18(23)7-4-10-20/h3,5-6,8-9,11-12H,4,7,10,20H2,1-2H3,(H,21,24)(H,22,23). The smallest absolute Gasteiger partial charge is 0.255 e. The van der Waals surface area contributed by atoms with Crippen molar-refractivity contribution >= 4 is 23.2 Å². The van der Waals surface area contributed by atoms with Crippen LogP contribution in [0.1, 0.15) is 28.8 Å². The number of carbonyl (C=O) groups is 2. The van der Waals surface area contributed by atoms with Gasteiger partial charge in [0.15, 0.2) is 0 Å². The lowest BCUT2D eigenvalue weighted by atomic mass is 10.1. The summed E-state index contributed by atoms with van der Waals surface area (Å²) in [6.45, 7) is 2.39. The Kier molecular flexibility index (Phi) is 6.54. The maximum absolute atomic E-state index is 12.4. The lowest BCUT2D eigenvalue weighted by Gasteiger charge is -2.13. The molecule has 0 atom stereocenters. The summed E-state index contributed by atoms with van der Waals surface area (Å²) in [5.41, 5.74) is 8.08. The second kappa shape index (κ2) is 8.84. The molecule has 0 saturated heterocycles. The SMILES string of the molecule is COc1ccc(NC(=O)c2cccc(C)c2)cc1NC(=O)CCCN. The topological polar surface area (TPSA) is 93.5 Å². The molecule has 25 heavy (non-hydrogen) atoms. The van der Waals surface area contributed by atoms with Gasteiger partial charge in [-0.15, -0.1) is 0 Å². The fourth-order valence-corrected chi connectivity index (χ4v) is 2.35. The molecule has 2 amide bonds. The van der Waals surface area contributed by atoms with Crippen LogP contribution < -0.4 is 21.1 Å². The largest absolute Gasteiger partial charge is 0.495 e. The zero-order valence-electron chi connectivity index (χ0n) is 14.5. The van der Waals surface area contributed by atoms with Gasteiger partial charge in [-0.3, -0.25) is 9.59 Å². The van der Waals surface area contributed by atoms with E-state index in [1.165, 1.54) is 7.11 Å². The van der Waals surface area contributed by atoms with Crippen molar-refractivity contribution in [3.05, 3.63) is 53.6 Å². The highest BCUT2D eigenvalue weighted by Crippen LogP contribution is 2.28. The molecule has 0 heterocycles. The number of aryl methyl sites for hydroxylation is 1. The molecule has 0 radical (unpaired) electrons. The average molecular weight is 341 g/mol. The third-order valence-corrected chi connectivity index (χ3v) is 3.62. The van der Waals surface area contributed by atoms with Crippen molar-refractivity contribution < 1.29 is 14.3 Å². The van der Waals surface area contributed by atoms with Crippen LogP contribution in [0.2, 0.25) is 0 Å². The zero-order valence-corrected chi connectivity index (χ0v) is 14.5. The van der Waals surface area contributed by atoms with E-state index >= 15 is 0 Å². The number of methoxy groups -OCH3 is 1. The van der Waals surface area contributed by atoms with E-state index in [9.17, 15) is 9.59 Å². The number of nitrogens with one attached hydrogen (secondary N) is 2. The normalized spacial score (nSPS) is 10.2. The van der Waals surface area contributed by atoms with Crippen LogP contribution in [0.25, 0.3) is 0 Å². The summed E-state index contributed by atoms with van der Waals surface area (Å²) >= 11 is 0. The molecule has 6 nitrogen and oxygen atoms in total. The molecule has 132 valence electrons. The Bertz CT molecular complexity index is 759. The Morgan fingerprint density at radius 3 is 2.60 bits per heavy atom. The van der Waals surface area contributed by atoms with Crippen LogP contribution in [-0.2, 0) is 4.79 Å². The Hall–Kier alpha value is -2.86. The van der Waals surface area contributed by atoms with E-state index in [1.54, 1.807) is 24.3 Å². The molecular formula is C19H23N3O3. The summed E-state index contributed by atoms with van der Waals surface area (Å²) in [6, 6.07) is 12.4. The van der Waals surface area contributed by atoms with E-state index in [0.29, 0.717) is 42.1 Å². The maximum Gasteiger partial charge on any atom is 0.255 e. The highest BCUT2D eigenvalue weighted by Gasteiger charge is 2.11. The second-order valence-electron chi connectivity index (χ2n) is 5.68. The monoisotopic (exact) mass is 341 g/mol. The Morgan fingerprint density at radius 1 is 1.12 bits per heavy atom. The van der Waals surface area contributed by atoms with Crippen molar-refractivity contribution in [2.24, 2.45) is 5.73 Å². The highest BCUT2D eigenvalue weighted by molar-refractivity contribution is 6.05. The van der Waals surface area contributed by atoms with Gasteiger partial charge in [-0.05, 0) is 50.2 Å². The first-order chi connectivity index (χ1) is 12.0. The van der Waals surface area contributed by atoms with Crippen LogP contribution in [0, 0.1) is 6.92 Å². The molecule has 0 aliphatic carbocycles. The van der Waals surface area contributed by atoms with Gasteiger partial charge in [-0.2, -0.15) is 0 Å². The fraction of sp³-hybridized carbons (Fsp3) is 0.263. The molecule has 6 heteroatoms. The van der Waals surface area contributed by atoms with Crippen LogP contribution in [-0.4, -0.2) is 25.5 Å². The van der Waals surface area contributed by atoms with Gasteiger partial charge >= 0.3 is 0 Å². The summed E-state index contributed by atoms with van der Waals surface area (Å²) in [5.74, 6) is 0.162. The molecule has 0 spiro atoms. The maximum atomic E-state index is 12.4. The number of hydrogen-bond acceptors (Lipinski definition) is 4. The van der Waals surface area contributed by atoms with Crippen molar-refractivity contribution in [1.29, 1.82) is 0 Å². The van der Waals surface area contributed by atoms with Gasteiger partial charge in [0.05, 0.1) is 12.8 Å². The van der Waals surface area contributed by atoms with Crippen LogP contribution in [0.4, 0.5) is 11.4 Å². The second-order valence-corrected chi connectivity index (χ2v) is 5.68. The molecule has 2 aromatic rings. The van der Waals surface area contributed by atoms with Crippen molar-refractivity contribution in [3.63, 3.8) is 0 Å². The molecule has 0 saturated carbocycles. The fourth-order valence-electron chi connectivity index (χ4n) is 2.35. The summed E-state index contributed by atoms with van der Waals surface area (Å²) < 4.78 is 5.26. The molecule has 0 fully saturated rings. The van der Waals surface area contributed by atoms with Gasteiger partial charge in [-0.25, -0.2) is 0 Å². The van der Waals surface area contributed by atoms with Crippen LogP contribution in [0.3, 0.4) is 0 Å². The molecular weight excluding hydrogens is 318 g/mol. The molecule has 2 rings (SSSR count). The minimum Gasteiger partial charge on any atom is -0.495 e. The molecule has 0 aromatic heterocycles. The Labute approximate surface area is 147 Å². The zero-order chi connectivity index (χ0) is 18.2. The molecule has 4 N–H and O–H groups in total. The van der Waals surface area contributed by atoms with Crippen molar-refractivity contribution in [2.45, 2.75) is 19.8 Å². The lowest BCUT2D eigenvalue weighted by molar-refractivity contribution is -0.116. The van der Waals surface area contributed by atoms with Crippen LogP contribution in [0.5, 0.6) is 5.75 Å². The third kappa shape index (κ3) is 5.32. The van der Waals surface area contributed by atoms with Gasteiger partial charge in [-0.1, -0.05) is 17.7 Å². The van der Waals surface area contributed by atoms with Crippen molar-refractivity contribution in [3.8, 4) is 5.75 Å². The van der Waals surface area contributed by atoms with E-state index in [0.717, 1.165) is 5.56 Å². The first kappa shape index (κ1) is 18.5. The summed E-state index contributed by atoms with van der Waals surface area (Å²) in [5, 5.41) is 5.62. The minimum absolute atomic E-state index is 0.147. The van der Waals surface area contributed by atoms with Gasteiger partial charge in [0.1, 0.15) is 5.75 Å². The van der Waals surface area contributed by atoms with Gasteiger partial charge in [0.2, 0.25) is 5.91 Å². The minimum atomic E-state index is -0.214. The number of carbonyl (C=O) groups excluding carboxylic acids is 2. The summed E-state index contributed by atoms with van der Waals surface area (Å²) in [7, 11) is 1.52. The molecule has 2 aromatic carbocycles. The average Bonchev–Trinajstić information content (AvgIpc) is 2.60. The Balaban J connectivity index is 2.14. The van der Waals surface area contributed by atoms with Crippen LogP contribution >= 0.6 is 0 Å². The first-order valence-electron chi connectivity index (χ1n) is 8.09. The molecule has 0 bridgehead atoms. The summed E-state index contributed by atoms with van der Waals surface area (Å²) in [6.07, 6.45) is 0.942.